The summed E-state index contributed by atoms with van der Waals surface area (Å²) >= 11 is 6.04. The van der Waals surface area contributed by atoms with Crippen LogP contribution < -0.4 is 5.32 Å². The summed E-state index contributed by atoms with van der Waals surface area (Å²) in [6.45, 7) is 6.49. The number of fused-ring (bicyclic) bond motifs is 2. The van der Waals surface area contributed by atoms with Crippen LogP contribution in [0.1, 0.15) is 31.5 Å². The number of halogens is 1. The molecule has 0 fully saturated rings. The average molecular weight is 398 g/mol. The van der Waals surface area contributed by atoms with E-state index >= 15 is 0 Å². The Balaban J connectivity index is 1.72. The summed E-state index contributed by atoms with van der Waals surface area (Å²) in [6, 6.07) is 9.88. The number of anilines is 1. The lowest BCUT2D eigenvalue weighted by Crippen LogP contribution is -2.35. The minimum atomic E-state index is 0.150. The van der Waals surface area contributed by atoms with E-state index in [1.54, 1.807) is 0 Å². The van der Waals surface area contributed by atoms with Gasteiger partial charge in [0.05, 0.1) is 5.69 Å². The van der Waals surface area contributed by atoms with Crippen LogP contribution in [0.15, 0.2) is 30.3 Å². The SMILES string of the molecule is CN(C)CC(C)(C)CNc1c2c(nc3cc(-c4ccc(Cl)cc4)nn13)CCC2. The highest BCUT2D eigenvalue weighted by Crippen LogP contribution is 2.31. The fourth-order valence-electron chi connectivity index (χ4n) is 4.17. The van der Waals surface area contributed by atoms with E-state index < -0.39 is 0 Å². The molecule has 1 aliphatic carbocycles. The van der Waals surface area contributed by atoms with Gasteiger partial charge in [-0.1, -0.05) is 37.6 Å². The van der Waals surface area contributed by atoms with Gasteiger partial charge < -0.3 is 10.2 Å². The molecule has 3 aromatic rings. The van der Waals surface area contributed by atoms with E-state index in [-0.39, 0.29) is 5.41 Å². The fraction of sp³-hybridized carbons (Fsp3) is 0.455. The molecule has 28 heavy (non-hydrogen) atoms. The molecule has 6 heteroatoms. The second-order valence-electron chi connectivity index (χ2n) is 8.80. The number of aryl methyl sites for hydroxylation is 1. The first-order valence-electron chi connectivity index (χ1n) is 9.88. The summed E-state index contributed by atoms with van der Waals surface area (Å²) in [6.07, 6.45) is 3.27. The number of aromatic nitrogens is 3. The van der Waals surface area contributed by atoms with Crippen LogP contribution >= 0.6 is 11.6 Å². The molecule has 1 aromatic carbocycles. The molecule has 0 aliphatic heterocycles. The Hall–Kier alpha value is -2.11. The molecule has 0 unspecified atom stereocenters. The van der Waals surface area contributed by atoms with Gasteiger partial charge in [0.15, 0.2) is 5.65 Å². The lowest BCUT2D eigenvalue weighted by Gasteiger charge is -2.29. The highest BCUT2D eigenvalue weighted by Gasteiger charge is 2.24. The Morgan fingerprint density at radius 3 is 2.64 bits per heavy atom. The molecule has 2 heterocycles. The van der Waals surface area contributed by atoms with Crippen molar-refractivity contribution in [2.24, 2.45) is 5.41 Å². The van der Waals surface area contributed by atoms with Crippen molar-refractivity contribution in [3.63, 3.8) is 0 Å². The molecular weight excluding hydrogens is 370 g/mol. The Bertz CT molecular complexity index is 988. The zero-order valence-electron chi connectivity index (χ0n) is 17.1. The van der Waals surface area contributed by atoms with E-state index in [2.05, 4.69) is 44.2 Å². The maximum absolute atomic E-state index is 6.04. The Labute approximate surface area is 171 Å². The topological polar surface area (TPSA) is 45.5 Å². The molecule has 1 N–H and O–H groups in total. The summed E-state index contributed by atoms with van der Waals surface area (Å²) in [5.74, 6) is 1.10. The van der Waals surface area contributed by atoms with Crippen LogP contribution in [-0.2, 0) is 12.8 Å². The average Bonchev–Trinajstić information content (AvgIpc) is 3.24. The van der Waals surface area contributed by atoms with E-state index in [9.17, 15) is 0 Å². The van der Waals surface area contributed by atoms with Crippen LogP contribution in [0, 0.1) is 5.41 Å². The lowest BCUT2D eigenvalue weighted by atomic mass is 9.93. The van der Waals surface area contributed by atoms with Crippen molar-refractivity contribution in [3.8, 4) is 11.3 Å². The van der Waals surface area contributed by atoms with Gasteiger partial charge in [-0.15, -0.1) is 0 Å². The maximum Gasteiger partial charge on any atom is 0.158 e. The standard InChI is InChI=1S/C22H28ClN5/c1-22(2,14-27(3)4)13-24-21-17-6-5-7-18(17)25-20-12-19(26-28(20)21)15-8-10-16(23)11-9-15/h8-12,24H,5-7,13-14H2,1-4H3. The zero-order valence-corrected chi connectivity index (χ0v) is 17.8. The molecule has 4 rings (SSSR count). The van der Waals surface area contributed by atoms with Gasteiger partial charge in [0.1, 0.15) is 5.82 Å². The van der Waals surface area contributed by atoms with Crippen molar-refractivity contribution in [2.45, 2.75) is 33.1 Å². The third kappa shape index (κ3) is 3.87. The second kappa shape index (κ2) is 7.37. The second-order valence-corrected chi connectivity index (χ2v) is 9.24. The largest absolute Gasteiger partial charge is 0.369 e. The molecule has 0 saturated heterocycles. The number of hydrogen-bond donors (Lipinski definition) is 1. The predicted molar refractivity (Wildman–Crippen MR) is 116 cm³/mol. The third-order valence-corrected chi connectivity index (χ3v) is 5.50. The molecular formula is C22H28ClN5. The van der Waals surface area contributed by atoms with Crippen LogP contribution in [0.2, 0.25) is 5.02 Å². The molecule has 148 valence electrons. The molecule has 5 nitrogen and oxygen atoms in total. The van der Waals surface area contributed by atoms with E-state index in [0.717, 1.165) is 60.1 Å². The fourth-order valence-corrected chi connectivity index (χ4v) is 4.29. The first-order valence-corrected chi connectivity index (χ1v) is 10.3. The molecule has 0 spiro atoms. The predicted octanol–water partition coefficient (Wildman–Crippen LogP) is 4.54. The van der Waals surface area contributed by atoms with Crippen LogP contribution in [0.5, 0.6) is 0 Å². The smallest absolute Gasteiger partial charge is 0.158 e. The highest BCUT2D eigenvalue weighted by atomic mass is 35.5. The Kier molecular flexibility index (Phi) is 5.06. The summed E-state index contributed by atoms with van der Waals surface area (Å²) in [5.41, 5.74) is 5.55. The minimum Gasteiger partial charge on any atom is -0.369 e. The maximum atomic E-state index is 6.04. The van der Waals surface area contributed by atoms with Crippen LogP contribution in [0.3, 0.4) is 0 Å². The van der Waals surface area contributed by atoms with Gasteiger partial charge in [-0.05, 0) is 50.9 Å². The van der Waals surface area contributed by atoms with Gasteiger partial charge in [0.25, 0.3) is 0 Å². The zero-order chi connectivity index (χ0) is 19.9. The van der Waals surface area contributed by atoms with Gasteiger partial charge in [0.2, 0.25) is 0 Å². The summed E-state index contributed by atoms with van der Waals surface area (Å²) in [4.78, 5) is 7.14. The van der Waals surface area contributed by atoms with Gasteiger partial charge in [-0.25, -0.2) is 4.98 Å². The van der Waals surface area contributed by atoms with Crippen molar-refractivity contribution in [1.29, 1.82) is 0 Å². The van der Waals surface area contributed by atoms with Crippen LogP contribution in [0.25, 0.3) is 16.9 Å². The number of rotatable bonds is 6. The van der Waals surface area contributed by atoms with Crippen molar-refractivity contribution in [3.05, 3.63) is 46.6 Å². The first-order chi connectivity index (χ1) is 13.3. The number of nitrogens with one attached hydrogen (secondary N) is 1. The molecule has 1 aliphatic rings. The van der Waals surface area contributed by atoms with E-state index in [4.69, 9.17) is 21.7 Å². The highest BCUT2D eigenvalue weighted by molar-refractivity contribution is 6.30. The van der Waals surface area contributed by atoms with Crippen molar-refractivity contribution in [1.82, 2.24) is 19.5 Å². The Morgan fingerprint density at radius 2 is 1.93 bits per heavy atom. The lowest BCUT2D eigenvalue weighted by molar-refractivity contribution is 0.254. The van der Waals surface area contributed by atoms with Crippen molar-refractivity contribution < 1.29 is 0 Å². The molecule has 0 bridgehead atoms. The van der Waals surface area contributed by atoms with Gasteiger partial charge in [0, 0.05) is 41.0 Å². The monoisotopic (exact) mass is 397 g/mol. The van der Waals surface area contributed by atoms with Crippen molar-refractivity contribution >= 4 is 23.1 Å². The molecule has 2 aromatic heterocycles. The summed E-state index contributed by atoms with van der Waals surface area (Å²) < 4.78 is 1.99. The molecule has 0 amide bonds. The van der Waals surface area contributed by atoms with Gasteiger partial charge in [-0.2, -0.15) is 9.61 Å². The Morgan fingerprint density at radius 1 is 1.18 bits per heavy atom. The molecule has 0 saturated carbocycles. The van der Waals surface area contributed by atoms with E-state index in [1.165, 1.54) is 11.3 Å². The number of hydrogen-bond acceptors (Lipinski definition) is 4. The van der Waals surface area contributed by atoms with Crippen LogP contribution in [0.4, 0.5) is 5.82 Å². The quantitative estimate of drug-likeness (QED) is 0.663. The number of nitrogens with zero attached hydrogens (tertiary/aromatic N) is 4. The summed E-state index contributed by atoms with van der Waals surface area (Å²) in [7, 11) is 4.24. The minimum absolute atomic E-state index is 0.150. The molecule has 0 atom stereocenters. The van der Waals surface area contributed by atoms with E-state index in [1.807, 2.05) is 28.8 Å². The van der Waals surface area contributed by atoms with Crippen molar-refractivity contribution in [2.75, 3.05) is 32.5 Å². The van der Waals surface area contributed by atoms with E-state index in [0.29, 0.717) is 0 Å². The van der Waals surface area contributed by atoms with Crippen LogP contribution in [-0.4, -0.2) is 46.7 Å². The van der Waals surface area contributed by atoms with Gasteiger partial charge >= 0.3 is 0 Å². The van der Waals surface area contributed by atoms with Gasteiger partial charge in [-0.3, -0.25) is 0 Å². The number of benzene rings is 1. The first kappa shape index (κ1) is 19.2. The third-order valence-electron chi connectivity index (χ3n) is 5.25. The summed E-state index contributed by atoms with van der Waals surface area (Å²) in [5, 5.41) is 9.34. The normalized spacial score (nSPS) is 14.1. The molecule has 0 radical (unpaired) electrons.